The molecule has 1 amide bonds. The predicted molar refractivity (Wildman–Crippen MR) is 96.3 cm³/mol. The van der Waals surface area contributed by atoms with Gasteiger partial charge in [0.2, 0.25) is 0 Å². The van der Waals surface area contributed by atoms with Crippen molar-refractivity contribution in [3.8, 4) is 10.6 Å². The summed E-state index contributed by atoms with van der Waals surface area (Å²) in [5.74, 6) is -0.275. The second-order valence-electron chi connectivity index (χ2n) is 5.78. The van der Waals surface area contributed by atoms with Crippen molar-refractivity contribution in [1.82, 2.24) is 10.3 Å². The molecule has 0 aliphatic rings. The average Bonchev–Trinajstić information content (AvgIpc) is 2.99. The molecule has 0 fully saturated rings. The molecule has 0 aliphatic carbocycles. The van der Waals surface area contributed by atoms with Crippen LogP contribution in [0.5, 0.6) is 0 Å². The lowest BCUT2D eigenvalue weighted by Gasteiger charge is -2.07. The van der Waals surface area contributed by atoms with Crippen LogP contribution in [0.15, 0.2) is 24.3 Å². The van der Waals surface area contributed by atoms with Gasteiger partial charge in [0, 0.05) is 12.1 Å². The molecule has 0 saturated carbocycles. The fourth-order valence-corrected chi connectivity index (χ4v) is 3.27. The largest absolute Gasteiger partial charge is 0.394 e. The fourth-order valence-electron chi connectivity index (χ4n) is 2.28. The Morgan fingerprint density at radius 3 is 2.67 bits per heavy atom. The maximum Gasteiger partial charge on any atom is 0.263 e. The van der Waals surface area contributed by atoms with Crippen LogP contribution < -0.4 is 5.32 Å². The fraction of sp³-hybridized carbons (Fsp3) is 0.444. The lowest BCUT2D eigenvalue weighted by atomic mass is 10.1. The Bertz CT molecular complexity index is 667. The Labute approximate surface area is 146 Å². The molecule has 130 valence electrons. The zero-order valence-electron chi connectivity index (χ0n) is 14.1. The van der Waals surface area contributed by atoms with Crippen molar-refractivity contribution >= 4 is 17.2 Å². The first kappa shape index (κ1) is 18.6. The van der Waals surface area contributed by atoms with Gasteiger partial charge in [0.05, 0.1) is 18.4 Å². The van der Waals surface area contributed by atoms with Crippen molar-refractivity contribution in [1.29, 1.82) is 0 Å². The zero-order chi connectivity index (χ0) is 17.5. The molecule has 2 aromatic rings. The minimum atomic E-state index is -0.947. The standard InChI is InChI=1S/C18H24N2O3S/c1-3-4-5-13-6-8-14(9-7-13)18-20-12(2)16(24-18)17(23)19-10-15(22)11-21/h6-9,15,21-22H,3-5,10-11H2,1-2H3,(H,19,23)/t15-/m1/s1. The number of nitrogens with zero attached hydrogens (tertiary/aromatic N) is 1. The summed E-state index contributed by atoms with van der Waals surface area (Å²) in [5, 5.41) is 21.5. The van der Waals surface area contributed by atoms with Crippen molar-refractivity contribution < 1.29 is 15.0 Å². The number of hydrogen-bond acceptors (Lipinski definition) is 5. The molecule has 0 unspecified atom stereocenters. The van der Waals surface area contributed by atoms with Crippen LogP contribution in [0.1, 0.15) is 40.7 Å². The summed E-state index contributed by atoms with van der Waals surface area (Å²) >= 11 is 1.34. The summed E-state index contributed by atoms with van der Waals surface area (Å²) < 4.78 is 0. The van der Waals surface area contributed by atoms with Gasteiger partial charge in [-0.2, -0.15) is 0 Å². The number of hydrogen-bond donors (Lipinski definition) is 3. The maximum absolute atomic E-state index is 12.2. The van der Waals surface area contributed by atoms with Gasteiger partial charge < -0.3 is 15.5 Å². The Morgan fingerprint density at radius 1 is 1.33 bits per heavy atom. The Morgan fingerprint density at radius 2 is 2.04 bits per heavy atom. The van der Waals surface area contributed by atoms with E-state index in [1.165, 1.54) is 29.7 Å². The molecule has 0 bridgehead atoms. The number of benzene rings is 1. The van der Waals surface area contributed by atoms with Crippen LogP contribution in [0.3, 0.4) is 0 Å². The highest BCUT2D eigenvalue weighted by molar-refractivity contribution is 7.17. The van der Waals surface area contributed by atoms with Gasteiger partial charge in [0.1, 0.15) is 9.88 Å². The van der Waals surface area contributed by atoms with Crippen molar-refractivity contribution in [3.05, 3.63) is 40.4 Å². The van der Waals surface area contributed by atoms with Gasteiger partial charge in [-0.3, -0.25) is 4.79 Å². The number of thiazole rings is 1. The molecule has 6 heteroatoms. The van der Waals surface area contributed by atoms with E-state index in [0.717, 1.165) is 17.0 Å². The van der Waals surface area contributed by atoms with E-state index in [1.54, 1.807) is 6.92 Å². The highest BCUT2D eigenvalue weighted by Gasteiger charge is 2.17. The molecule has 0 radical (unpaired) electrons. The van der Waals surface area contributed by atoms with Crippen molar-refractivity contribution in [2.75, 3.05) is 13.2 Å². The molecule has 5 nitrogen and oxygen atoms in total. The number of aliphatic hydroxyl groups excluding tert-OH is 2. The van der Waals surface area contributed by atoms with Crippen LogP contribution in [0, 0.1) is 6.92 Å². The first-order chi connectivity index (χ1) is 11.5. The summed E-state index contributed by atoms with van der Waals surface area (Å²) in [6, 6.07) is 8.30. The highest BCUT2D eigenvalue weighted by Crippen LogP contribution is 2.28. The Hall–Kier alpha value is -1.76. The zero-order valence-corrected chi connectivity index (χ0v) is 14.9. The minimum Gasteiger partial charge on any atom is -0.394 e. The minimum absolute atomic E-state index is 0.0220. The van der Waals surface area contributed by atoms with E-state index < -0.39 is 6.10 Å². The van der Waals surface area contributed by atoms with Crippen molar-refractivity contribution in [3.63, 3.8) is 0 Å². The Kier molecular flexibility index (Phi) is 6.90. The monoisotopic (exact) mass is 348 g/mol. The van der Waals surface area contributed by atoms with Gasteiger partial charge in [-0.1, -0.05) is 37.6 Å². The molecule has 0 aliphatic heterocycles. The van der Waals surface area contributed by atoms with Crippen LogP contribution in [0.25, 0.3) is 10.6 Å². The molecular formula is C18H24N2O3S. The SMILES string of the molecule is CCCCc1ccc(-c2nc(C)c(C(=O)NC[C@@H](O)CO)s2)cc1. The van der Waals surface area contributed by atoms with E-state index in [1.807, 2.05) is 12.1 Å². The second-order valence-corrected chi connectivity index (χ2v) is 6.78. The number of aromatic nitrogens is 1. The molecule has 3 N–H and O–H groups in total. The van der Waals surface area contributed by atoms with Gasteiger partial charge in [0.15, 0.2) is 0 Å². The molecule has 1 aromatic carbocycles. The number of rotatable bonds is 8. The smallest absolute Gasteiger partial charge is 0.263 e. The first-order valence-corrected chi connectivity index (χ1v) is 9.00. The number of aryl methyl sites for hydroxylation is 2. The molecule has 24 heavy (non-hydrogen) atoms. The quantitative estimate of drug-likeness (QED) is 0.685. The molecule has 1 atom stereocenters. The molecular weight excluding hydrogens is 324 g/mol. The summed E-state index contributed by atoms with van der Waals surface area (Å²) in [6.45, 7) is 3.62. The van der Waals surface area contributed by atoms with Gasteiger partial charge in [0.25, 0.3) is 5.91 Å². The van der Waals surface area contributed by atoms with E-state index in [-0.39, 0.29) is 19.1 Å². The van der Waals surface area contributed by atoms with Gasteiger partial charge in [-0.15, -0.1) is 11.3 Å². The van der Waals surface area contributed by atoms with Crippen LogP contribution >= 0.6 is 11.3 Å². The highest BCUT2D eigenvalue weighted by atomic mass is 32.1. The number of aliphatic hydroxyl groups is 2. The number of unbranched alkanes of at least 4 members (excludes halogenated alkanes) is 1. The third kappa shape index (κ3) is 4.87. The van der Waals surface area contributed by atoms with E-state index >= 15 is 0 Å². The topological polar surface area (TPSA) is 82.5 Å². The first-order valence-electron chi connectivity index (χ1n) is 8.19. The van der Waals surface area contributed by atoms with Crippen LogP contribution in [0.2, 0.25) is 0 Å². The van der Waals surface area contributed by atoms with Crippen molar-refractivity contribution in [2.45, 2.75) is 39.2 Å². The summed E-state index contributed by atoms with van der Waals surface area (Å²) in [4.78, 5) is 17.2. The second kappa shape index (κ2) is 8.92. The van der Waals surface area contributed by atoms with Gasteiger partial charge in [-0.25, -0.2) is 4.98 Å². The van der Waals surface area contributed by atoms with Gasteiger partial charge >= 0.3 is 0 Å². The lowest BCUT2D eigenvalue weighted by molar-refractivity contribution is 0.0804. The van der Waals surface area contributed by atoms with Crippen molar-refractivity contribution in [2.24, 2.45) is 0 Å². The van der Waals surface area contributed by atoms with E-state index in [2.05, 4.69) is 29.4 Å². The predicted octanol–water partition coefficient (Wildman–Crippen LogP) is 2.54. The average molecular weight is 348 g/mol. The van der Waals surface area contributed by atoms with E-state index in [9.17, 15) is 9.90 Å². The molecule has 1 heterocycles. The summed E-state index contributed by atoms with van der Waals surface area (Å²) in [5.41, 5.74) is 2.98. The number of amides is 1. The van der Waals surface area contributed by atoms with E-state index in [4.69, 9.17) is 5.11 Å². The van der Waals surface area contributed by atoms with Gasteiger partial charge in [-0.05, 0) is 25.3 Å². The summed E-state index contributed by atoms with van der Waals surface area (Å²) in [7, 11) is 0. The van der Waals surface area contributed by atoms with Crippen LogP contribution in [0.4, 0.5) is 0 Å². The normalized spacial score (nSPS) is 12.2. The molecule has 0 spiro atoms. The molecule has 0 saturated heterocycles. The number of carbonyl (C=O) groups is 1. The lowest BCUT2D eigenvalue weighted by Crippen LogP contribution is -2.33. The third-order valence-corrected chi connectivity index (χ3v) is 4.94. The maximum atomic E-state index is 12.2. The molecule has 1 aromatic heterocycles. The van der Waals surface area contributed by atoms with Crippen LogP contribution in [-0.4, -0.2) is 40.4 Å². The number of carbonyl (C=O) groups excluding carboxylic acids is 1. The third-order valence-electron chi connectivity index (χ3n) is 3.73. The van der Waals surface area contributed by atoms with E-state index in [0.29, 0.717) is 10.6 Å². The number of nitrogens with one attached hydrogen (secondary N) is 1. The summed E-state index contributed by atoms with van der Waals surface area (Å²) in [6.07, 6.45) is 2.49. The Balaban J connectivity index is 2.08. The van der Waals surface area contributed by atoms with Crippen LogP contribution in [-0.2, 0) is 6.42 Å². The molecule has 2 rings (SSSR count).